The first-order valence-electron chi connectivity index (χ1n) is 10.6. The molecule has 1 amide bonds. The number of hydrogen-bond acceptors (Lipinski definition) is 3. The Labute approximate surface area is 187 Å². The van der Waals surface area contributed by atoms with Crippen LogP contribution in [0.1, 0.15) is 50.1 Å². The third-order valence-electron chi connectivity index (χ3n) is 6.24. The number of halogens is 1. The maximum absolute atomic E-state index is 13.2. The largest absolute Gasteiger partial charge is 0.335 e. The normalized spacial score (nSPS) is 24.7. The second-order valence-corrected chi connectivity index (χ2v) is 10.9. The lowest BCUT2D eigenvalue weighted by Crippen LogP contribution is -2.42. The van der Waals surface area contributed by atoms with Gasteiger partial charge < -0.3 is 4.90 Å². The van der Waals surface area contributed by atoms with Crippen molar-refractivity contribution in [1.82, 2.24) is 9.62 Å². The van der Waals surface area contributed by atoms with E-state index in [-0.39, 0.29) is 28.8 Å². The molecule has 1 saturated heterocycles. The number of nitrogens with one attached hydrogen (secondary N) is 1. The molecule has 1 atom stereocenters. The van der Waals surface area contributed by atoms with E-state index in [2.05, 4.69) is 32.8 Å². The predicted molar refractivity (Wildman–Crippen MR) is 120 cm³/mol. The summed E-state index contributed by atoms with van der Waals surface area (Å²) < 4.78 is 28.9. The number of carbonyl (C=O) groups is 1. The molecule has 1 aliphatic heterocycles. The van der Waals surface area contributed by atoms with Crippen molar-refractivity contribution in [2.45, 2.75) is 55.5 Å². The molecule has 1 unspecified atom stereocenters. The van der Waals surface area contributed by atoms with Crippen molar-refractivity contribution in [3.63, 3.8) is 0 Å². The van der Waals surface area contributed by atoms with Gasteiger partial charge in [-0.3, -0.25) is 4.79 Å². The van der Waals surface area contributed by atoms with E-state index in [1.807, 2.05) is 23.1 Å². The van der Waals surface area contributed by atoms with E-state index in [1.165, 1.54) is 5.56 Å². The number of hydrogen-bond donors (Lipinski definition) is 1. The summed E-state index contributed by atoms with van der Waals surface area (Å²) in [6.07, 6.45) is 4.88. The Morgan fingerprint density at radius 2 is 1.60 bits per heavy atom. The SMILES string of the molecule is O=C([C@H]1CC[C@H](NS(=O)(=O)c2ccc(Br)cc2)CC1)N1CCCC1c1ccccc1. The highest BCUT2D eigenvalue weighted by molar-refractivity contribution is 9.10. The van der Waals surface area contributed by atoms with Gasteiger partial charge in [0, 0.05) is 23.0 Å². The van der Waals surface area contributed by atoms with Crippen molar-refractivity contribution < 1.29 is 13.2 Å². The lowest BCUT2D eigenvalue weighted by atomic mass is 9.85. The third kappa shape index (κ3) is 4.79. The molecular weight excluding hydrogens is 464 g/mol. The Balaban J connectivity index is 1.35. The predicted octanol–water partition coefficient (Wildman–Crippen LogP) is 4.65. The van der Waals surface area contributed by atoms with Gasteiger partial charge in [0.25, 0.3) is 0 Å². The maximum atomic E-state index is 13.2. The first-order chi connectivity index (χ1) is 14.4. The molecule has 1 N–H and O–H groups in total. The topological polar surface area (TPSA) is 66.5 Å². The smallest absolute Gasteiger partial charge is 0.240 e. The summed E-state index contributed by atoms with van der Waals surface area (Å²) in [6.45, 7) is 0.814. The zero-order valence-corrected chi connectivity index (χ0v) is 19.2. The first kappa shape index (κ1) is 21.5. The van der Waals surface area contributed by atoms with Gasteiger partial charge in [0.15, 0.2) is 0 Å². The minimum Gasteiger partial charge on any atom is -0.335 e. The molecule has 30 heavy (non-hydrogen) atoms. The van der Waals surface area contributed by atoms with E-state index in [4.69, 9.17) is 0 Å². The molecule has 2 aromatic rings. The molecular formula is C23H27BrN2O3S. The Bertz CT molecular complexity index is 971. The number of rotatable bonds is 5. The number of carbonyl (C=O) groups excluding carboxylic acids is 1. The quantitative estimate of drug-likeness (QED) is 0.662. The molecule has 1 heterocycles. The average molecular weight is 491 g/mol. The van der Waals surface area contributed by atoms with Crippen LogP contribution >= 0.6 is 15.9 Å². The fraction of sp³-hybridized carbons (Fsp3) is 0.435. The molecule has 1 saturated carbocycles. The van der Waals surface area contributed by atoms with Crippen molar-refractivity contribution in [2.24, 2.45) is 5.92 Å². The van der Waals surface area contributed by atoms with Crippen LogP contribution in [0.2, 0.25) is 0 Å². The van der Waals surface area contributed by atoms with E-state index in [0.29, 0.717) is 12.8 Å². The van der Waals surface area contributed by atoms with Crippen molar-refractivity contribution in [2.75, 3.05) is 6.54 Å². The van der Waals surface area contributed by atoms with Crippen LogP contribution in [0.5, 0.6) is 0 Å². The third-order valence-corrected chi connectivity index (χ3v) is 8.31. The van der Waals surface area contributed by atoms with Crippen molar-refractivity contribution >= 4 is 31.9 Å². The van der Waals surface area contributed by atoms with Gasteiger partial charge in [0.2, 0.25) is 15.9 Å². The second-order valence-electron chi connectivity index (χ2n) is 8.22. The molecule has 5 nitrogen and oxygen atoms in total. The van der Waals surface area contributed by atoms with Crippen LogP contribution in [0.4, 0.5) is 0 Å². The van der Waals surface area contributed by atoms with E-state index in [1.54, 1.807) is 24.3 Å². The molecule has 1 aliphatic carbocycles. The zero-order chi connectivity index (χ0) is 21.1. The number of sulfonamides is 1. The van der Waals surface area contributed by atoms with Crippen molar-refractivity contribution in [1.29, 1.82) is 0 Å². The molecule has 160 valence electrons. The summed E-state index contributed by atoms with van der Waals surface area (Å²) >= 11 is 3.33. The second kappa shape index (κ2) is 9.20. The minimum atomic E-state index is -3.54. The van der Waals surface area contributed by atoms with Gasteiger partial charge >= 0.3 is 0 Å². The lowest BCUT2D eigenvalue weighted by Gasteiger charge is -2.33. The average Bonchev–Trinajstić information content (AvgIpc) is 3.24. The molecule has 0 aromatic heterocycles. The lowest BCUT2D eigenvalue weighted by molar-refractivity contribution is -0.137. The van der Waals surface area contributed by atoms with Crippen LogP contribution in [0.25, 0.3) is 0 Å². The van der Waals surface area contributed by atoms with Gasteiger partial charge in [-0.25, -0.2) is 13.1 Å². The number of benzene rings is 2. The van der Waals surface area contributed by atoms with Gasteiger partial charge in [-0.1, -0.05) is 46.3 Å². The van der Waals surface area contributed by atoms with Gasteiger partial charge in [-0.15, -0.1) is 0 Å². The van der Waals surface area contributed by atoms with E-state index < -0.39 is 10.0 Å². The van der Waals surface area contributed by atoms with Crippen LogP contribution in [-0.2, 0) is 14.8 Å². The summed E-state index contributed by atoms with van der Waals surface area (Å²) in [6, 6.07) is 17.0. The fourth-order valence-electron chi connectivity index (χ4n) is 4.65. The van der Waals surface area contributed by atoms with E-state index in [9.17, 15) is 13.2 Å². The van der Waals surface area contributed by atoms with Crippen LogP contribution in [0.3, 0.4) is 0 Å². The maximum Gasteiger partial charge on any atom is 0.240 e. The summed E-state index contributed by atoms with van der Waals surface area (Å²) in [4.78, 5) is 15.5. The number of nitrogens with zero attached hydrogens (tertiary/aromatic N) is 1. The van der Waals surface area contributed by atoms with Crippen molar-refractivity contribution in [3.8, 4) is 0 Å². The van der Waals surface area contributed by atoms with Gasteiger partial charge in [-0.2, -0.15) is 0 Å². The highest BCUT2D eigenvalue weighted by Gasteiger charge is 2.36. The van der Waals surface area contributed by atoms with Crippen LogP contribution in [0.15, 0.2) is 64.0 Å². The molecule has 2 fully saturated rings. The Morgan fingerprint density at radius 3 is 2.27 bits per heavy atom. The molecule has 0 spiro atoms. The Hall–Kier alpha value is -1.70. The number of likely N-dealkylation sites (tertiary alicyclic amines) is 1. The van der Waals surface area contributed by atoms with Gasteiger partial charge in [0.05, 0.1) is 10.9 Å². The Kier molecular flexibility index (Phi) is 6.60. The van der Waals surface area contributed by atoms with Crippen LogP contribution in [-0.4, -0.2) is 31.8 Å². The summed E-state index contributed by atoms with van der Waals surface area (Å²) in [7, 11) is -3.54. The van der Waals surface area contributed by atoms with Gasteiger partial charge in [0.1, 0.15) is 0 Å². The first-order valence-corrected chi connectivity index (χ1v) is 12.8. The van der Waals surface area contributed by atoms with Crippen molar-refractivity contribution in [3.05, 3.63) is 64.6 Å². The van der Waals surface area contributed by atoms with E-state index in [0.717, 1.165) is 36.7 Å². The highest BCUT2D eigenvalue weighted by atomic mass is 79.9. The molecule has 7 heteroatoms. The van der Waals surface area contributed by atoms with Crippen LogP contribution < -0.4 is 4.72 Å². The standard InChI is InChI=1S/C23H27BrN2O3S/c24-19-10-14-21(15-11-19)30(28,29)25-20-12-8-18(9-13-20)23(27)26-16-4-7-22(26)17-5-2-1-3-6-17/h1-3,5-6,10-11,14-15,18,20,22,25H,4,7-9,12-13,16H2/t18-,20-,22?. The van der Waals surface area contributed by atoms with Crippen LogP contribution in [0, 0.1) is 5.92 Å². The molecule has 0 bridgehead atoms. The zero-order valence-electron chi connectivity index (χ0n) is 16.8. The fourth-order valence-corrected chi connectivity index (χ4v) is 6.22. The minimum absolute atomic E-state index is 0.0113. The summed E-state index contributed by atoms with van der Waals surface area (Å²) in [5.74, 6) is 0.221. The summed E-state index contributed by atoms with van der Waals surface area (Å²) in [5.41, 5.74) is 1.21. The van der Waals surface area contributed by atoms with E-state index >= 15 is 0 Å². The Morgan fingerprint density at radius 1 is 0.933 bits per heavy atom. The monoisotopic (exact) mass is 490 g/mol. The molecule has 2 aromatic carbocycles. The molecule has 2 aliphatic rings. The van der Waals surface area contributed by atoms with Gasteiger partial charge in [-0.05, 0) is 68.4 Å². The molecule has 4 rings (SSSR count). The number of amides is 1. The summed E-state index contributed by atoms with van der Waals surface area (Å²) in [5, 5.41) is 0. The highest BCUT2D eigenvalue weighted by Crippen LogP contribution is 2.36. The molecule has 0 radical (unpaired) electrons.